The fourth-order valence-electron chi connectivity index (χ4n) is 5.23. The molecule has 1 aromatic carbocycles. The predicted octanol–water partition coefficient (Wildman–Crippen LogP) is 4.47. The fraction of sp³-hybridized carbons (Fsp3) is 0.607. The summed E-state index contributed by atoms with van der Waals surface area (Å²) < 4.78 is 42.5. The van der Waals surface area contributed by atoms with Gasteiger partial charge < -0.3 is 18.9 Å². The van der Waals surface area contributed by atoms with Crippen LogP contribution in [0.15, 0.2) is 29.3 Å². The summed E-state index contributed by atoms with van der Waals surface area (Å²) in [5.41, 5.74) is 3.32. The first kappa shape index (κ1) is 29.2. The molecule has 0 aliphatic carbocycles. The van der Waals surface area contributed by atoms with Crippen LogP contribution >= 0.6 is 0 Å². The van der Waals surface area contributed by atoms with Gasteiger partial charge >= 0.3 is 0 Å². The van der Waals surface area contributed by atoms with Gasteiger partial charge in [-0.1, -0.05) is 27.2 Å². The average Bonchev–Trinajstić information content (AvgIpc) is 3.32. The molecule has 2 heterocycles. The van der Waals surface area contributed by atoms with E-state index in [-0.39, 0.29) is 37.6 Å². The Bertz CT molecular complexity index is 1190. The summed E-state index contributed by atoms with van der Waals surface area (Å²) in [5, 5.41) is 0. The van der Waals surface area contributed by atoms with E-state index in [9.17, 15) is 13.2 Å². The Balaban J connectivity index is 1.69. The molecule has 1 aromatic heterocycles. The van der Waals surface area contributed by atoms with Crippen LogP contribution in [0.1, 0.15) is 62.0 Å². The van der Waals surface area contributed by atoms with Crippen molar-refractivity contribution >= 4 is 15.9 Å². The van der Waals surface area contributed by atoms with E-state index in [1.54, 1.807) is 20.1 Å². The molecule has 0 spiro atoms. The van der Waals surface area contributed by atoms with Crippen LogP contribution in [-0.2, 0) is 26.1 Å². The Labute approximate surface area is 222 Å². The number of ether oxygens (including phenoxy) is 2. The lowest BCUT2D eigenvalue weighted by Gasteiger charge is -2.37. The number of hydrogen-bond donors (Lipinski definition) is 0. The van der Waals surface area contributed by atoms with Crippen molar-refractivity contribution in [2.45, 2.75) is 71.9 Å². The van der Waals surface area contributed by atoms with Crippen LogP contribution in [0.2, 0.25) is 0 Å². The second-order valence-corrected chi connectivity index (χ2v) is 12.2. The summed E-state index contributed by atoms with van der Waals surface area (Å²) in [6, 6.07) is 5.94. The zero-order chi connectivity index (χ0) is 27.3. The molecule has 0 saturated carbocycles. The van der Waals surface area contributed by atoms with E-state index in [1.807, 2.05) is 38.7 Å². The molecule has 1 amide bonds. The minimum absolute atomic E-state index is 0.0481. The van der Waals surface area contributed by atoms with Crippen molar-refractivity contribution in [3.8, 4) is 5.75 Å². The number of rotatable bonds is 12. The van der Waals surface area contributed by atoms with E-state index >= 15 is 0 Å². The number of hydrogen-bond acceptors (Lipinski definition) is 5. The third-order valence-corrected chi connectivity index (χ3v) is 9.28. The SMILES string of the molecule is CCCC1c2cccn2CCN1C(=O)COCCN(CC(C)C)S(=O)(=O)c1c(C)cc(OC)c(C)c1C. The first-order valence-corrected chi connectivity index (χ1v) is 14.6. The minimum Gasteiger partial charge on any atom is -0.496 e. The number of aromatic nitrogens is 1. The standard InChI is InChI=1S/C28H43N3O5S/c1-8-10-25-24-11-9-12-29(24)13-14-31(25)27(32)19-36-16-15-30(18-20(2)3)37(33,34)28-21(4)17-26(35-7)22(5)23(28)6/h9,11-12,17,20,25H,8,10,13-16,18-19H2,1-7H3. The van der Waals surface area contributed by atoms with E-state index in [0.717, 1.165) is 30.6 Å². The summed E-state index contributed by atoms with van der Waals surface area (Å²) in [4.78, 5) is 15.3. The lowest BCUT2D eigenvalue weighted by atomic mass is 10.0. The van der Waals surface area contributed by atoms with Gasteiger partial charge in [0.1, 0.15) is 12.4 Å². The maximum absolute atomic E-state index is 13.8. The number of aryl methyl sites for hydroxylation is 1. The van der Waals surface area contributed by atoms with Gasteiger partial charge in [-0.15, -0.1) is 0 Å². The molecule has 0 saturated heterocycles. The summed E-state index contributed by atoms with van der Waals surface area (Å²) in [6.45, 7) is 13.7. The highest BCUT2D eigenvalue weighted by molar-refractivity contribution is 7.89. The van der Waals surface area contributed by atoms with Gasteiger partial charge in [-0.3, -0.25) is 4.79 Å². The molecule has 0 bridgehead atoms. The molecular formula is C28H43N3O5S. The van der Waals surface area contributed by atoms with E-state index < -0.39 is 10.0 Å². The normalized spacial score (nSPS) is 15.9. The number of amides is 1. The van der Waals surface area contributed by atoms with Crippen molar-refractivity contribution < 1.29 is 22.7 Å². The molecule has 1 aliphatic heterocycles. The van der Waals surface area contributed by atoms with E-state index in [1.165, 1.54) is 4.31 Å². The van der Waals surface area contributed by atoms with Crippen molar-refractivity contribution in [2.24, 2.45) is 5.92 Å². The smallest absolute Gasteiger partial charge is 0.249 e. The molecule has 37 heavy (non-hydrogen) atoms. The van der Waals surface area contributed by atoms with Crippen molar-refractivity contribution in [3.05, 3.63) is 46.8 Å². The molecular weight excluding hydrogens is 490 g/mol. The molecule has 0 fully saturated rings. The van der Waals surface area contributed by atoms with Crippen LogP contribution in [0.5, 0.6) is 5.75 Å². The highest BCUT2D eigenvalue weighted by Crippen LogP contribution is 2.33. The quantitative estimate of drug-likeness (QED) is 0.376. The average molecular weight is 534 g/mol. The van der Waals surface area contributed by atoms with Crippen molar-refractivity contribution in [2.75, 3.05) is 40.0 Å². The lowest BCUT2D eigenvalue weighted by molar-refractivity contribution is -0.140. The Hall–Kier alpha value is -2.36. The van der Waals surface area contributed by atoms with Crippen molar-refractivity contribution in [1.82, 2.24) is 13.8 Å². The number of methoxy groups -OCH3 is 1. The van der Waals surface area contributed by atoms with Crippen LogP contribution in [0.4, 0.5) is 0 Å². The van der Waals surface area contributed by atoms with Crippen LogP contribution < -0.4 is 4.74 Å². The molecule has 0 radical (unpaired) electrons. The second kappa shape index (κ2) is 12.5. The van der Waals surface area contributed by atoms with Gasteiger partial charge in [0.25, 0.3) is 0 Å². The second-order valence-electron chi connectivity index (χ2n) is 10.3. The minimum atomic E-state index is -3.77. The highest BCUT2D eigenvalue weighted by atomic mass is 32.2. The van der Waals surface area contributed by atoms with Gasteiger partial charge in [-0.25, -0.2) is 8.42 Å². The van der Waals surface area contributed by atoms with Gasteiger partial charge in [0.15, 0.2) is 0 Å². The van der Waals surface area contributed by atoms with E-state index in [2.05, 4.69) is 23.8 Å². The number of fused-ring (bicyclic) bond motifs is 1. The Kier molecular flexibility index (Phi) is 9.83. The molecule has 3 rings (SSSR count). The summed E-state index contributed by atoms with van der Waals surface area (Å²) >= 11 is 0. The number of carbonyl (C=O) groups excluding carboxylic acids is 1. The van der Waals surface area contributed by atoms with E-state index in [0.29, 0.717) is 34.9 Å². The molecule has 8 nitrogen and oxygen atoms in total. The monoisotopic (exact) mass is 533 g/mol. The maximum atomic E-state index is 13.8. The van der Waals surface area contributed by atoms with Crippen LogP contribution in [0, 0.1) is 26.7 Å². The molecule has 206 valence electrons. The van der Waals surface area contributed by atoms with Crippen LogP contribution in [-0.4, -0.2) is 68.1 Å². The molecule has 1 atom stereocenters. The van der Waals surface area contributed by atoms with Gasteiger partial charge in [0.05, 0.1) is 24.7 Å². The Morgan fingerprint density at radius 3 is 2.57 bits per heavy atom. The highest BCUT2D eigenvalue weighted by Gasteiger charge is 2.32. The molecule has 1 aliphatic rings. The first-order valence-electron chi connectivity index (χ1n) is 13.2. The largest absolute Gasteiger partial charge is 0.496 e. The van der Waals surface area contributed by atoms with Gasteiger partial charge in [0.2, 0.25) is 15.9 Å². The fourth-order valence-corrected chi connectivity index (χ4v) is 7.30. The van der Waals surface area contributed by atoms with Gasteiger partial charge in [-0.2, -0.15) is 4.31 Å². The Morgan fingerprint density at radius 1 is 1.19 bits per heavy atom. The Morgan fingerprint density at radius 2 is 1.92 bits per heavy atom. The zero-order valence-corrected chi connectivity index (χ0v) is 24.2. The number of benzene rings is 1. The molecule has 2 aromatic rings. The van der Waals surface area contributed by atoms with Gasteiger partial charge in [-0.05, 0) is 68.0 Å². The molecule has 0 N–H and O–H groups in total. The lowest BCUT2D eigenvalue weighted by Crippen LogP contribution is -2.44. The first-order chi connectivity index (χ1) is 17.5. The number of carbonyl (C=O) groups is 1. The molecule has 1 unspecified atom stereocenters. The van der Waals surface area contributed by atoms with Crippen LogP contribution in [0.3, 0.4) is 0 Å². The summed E-state index contributed by atoms with van der Waals surface area (Å²) in [6.07, 6.45) is 3.94. The maximum Gasteiger partial charge on any atom is 0.249 e. The number of nitrogens with zero attached hydrogens (tertiary/aromatic N) is 3. The third-order valence-electron chi connectivity index (χ3n) is 7.12. The topological polar surface area (TPSA) is 81.1 Å². The zero-order valence-electron chi connectivity index (χ0n) is 23.4. The molecule has 9 heteroatoms. The summed E-state index contributed by atoms with van der Waals surface area (Å²) in [5.74, 6) is 0.759. The van der Waals surface area contributed by atoms with Crippen molar-refractivity contribution in [1.29, 1.82) is 0 Å². The van der Waals surface area contributed by atoms with Crippen LogP contribution in [0.25, 0.3) is 0 Å². The van der Waals surface area contributed by atoms with Gasteiger partial charge in [0, 0.05) is 38.1 Å². The van der Waals surface area contributed by atoms with E-state index in [4.69, 9.17) is 9.47 Å². The summed E-state index contributed by atoms with van der Waals surface area (Å²) in [7, 11) is -2.18. The number of sulfonamides is 1. The predicted molar refractivity (Wildman–Crippen MR) is 145 cm³/mol. The van der Waals surface area contributed by atoms with Crippen molar-refractivity contribution in [3.63, 3.8) is 0 Å². The third kappa shape index (κ3) is 6.38.